The highest BCUT2D eigenvalue weighted by Crippen LogP contribution is 2.29. The van der Waals surface area contributed by atoms with E-state index in [1.165, 1.54) is 7.11 Å². The number of nitrogens with zero attached hydrogens (tertiary/aromatic N) is 2. The largest absolute Gasteiger partial charge is 0.468 e. The minimum Gasteiger partial charge on any atom is -0.468 e. The number of ether oxygens (including phenoxy) is 1. The van der Waals surface area contributed by atoms with Crippen molar-refractivity contribution in [3.05, 3.63) is 64.7 Å². The maximum Gasteiger partial charge on any atom is 0.327 e. The Hall–Kier alpha value is -2.57. The maximum absolute atomic E-state index is 12.6. The van der Waals surface area contributed by atoms with Crippen molar-refractivity contribution in [3.63, 3.8) is 0 Å². The molecule has 1 N–H and O–H groups in total. The van der Waals surface area contributed by atoms with Gasteiger partial charge in [-0.3, -0.25) is 9.69 Å². The average molecular weight is 430 g/mol. The smallest absolute Gasteiger partial charge is 0.327 e. The topological polar surface area (TPSA) is 61.9 Å². The van der Waals surface area contributed by atoms with Gasteiger partial charge in [0.2, 0.25) is 5.91 Å². The molecule has 0 aromatic heterocycles. The number of hydrogen-bond acceptors (Lipinski definition) is 5. The second-order valence-corrected chi connectivity index (χ2v) is 7.76. The lowest BCUT2D eigenvalue weighted by molar-refractivity contribution is -0.148. The zero-order chi connectivity index (χ0) is 21.5. The lowest BCUT2D eigenvalue weighted by Gasteiger charge is -2.38. The van der Waals surface area contributed by atoms with Crippen LogP contribution in [0.25, 0.3) is 0 Å². The number of carbonyl (C=O) groups excluding carboxylic acids is 2. The van der Waals surface area contributed by atoms with Crippen LogP contribution in [0.1, 0.15) is 23.6 Å². The van der Waals surface area contributed by atoms with Crippen molar-refractivity contribution < 1.29 is 14.3 Å². The third-order valence-corrected chi connectivity index (χ3v) is 5.80. The summed E-state index contributed by atoms with van der Waals surface area (Å²) in [6.07, 6.45) is 0.430. The van der Waals surface area contributed by atoms with Crippen molar-refractivity contribution in [2.24, 2.45) is 0 Å². The minimum atomic E-state index is -0.566. The Kier molecular flexibility index (Phi) is 7.71. The molecule has 1 fully saturated rings. The highest BCUT2D eigenvalue weighted by atomic mass is 35.5. The number of halogens is 1. The van der Waals surface area contributed by atoms with E-state index in [9.17, 15) is 9.59 Å². The number of benzene rings is 2. The van der Waals surface area contributed by atoms with Crippen molar-refractivity contribution in [3.8, 4) is 0 Å². The van der Waals surface area contributed by atoms with Crippen LogP contribution in [0.5, 0.6) is 0 Å². The van der Waals surface area contributed by atoms with E-state index in [0.29, 0.717) is 44.2 Å². The number of amides is 1. The highest BCUT2D eigenvalue weighted by molar-refractivity contribution is 6.31. The molecule has 0 radical (unpaired) electrons. The number of esters is 1. The Morgan fingerprint density at radius 1 is 1.07 bits per heavy atom. The van der Waals surface area contributed by atoms with Crippen molar-refractivity contribution in [2.75, 3.05) is 45.2 Å². The van der Waals surface area contributed by atoms with Gasteiger partial charge in [-0.2, -0.15) is 0 Å². The average Bonchev–Trinajstić information content (AvgIpc) is 2.76. The van der Waals surface area contributed by atoms with Gasteiger partial charge in [0.1, 0.15) is 6.04 Å². The van der Waals surface area contributed by atoms with Crippen LogP contribution >= 0.6 is 11.6 Å². The molecule has 1 aliphatic rings. The number of aryl methyl sites for hydroxylation is 1. The second kappa shape index (κ2) is 10.5. The summed E-state index contributed by atoms with van der Waals surface area (Å²) in [6, 6.07) is 14.8. The lowest BCUT2D eigenvalue weighted by Crippen LogP contribution is -2.51. The number of methoxy groups -OCH3 is 1. The number of piperazine rings is 1. The van der Waals surface area contributed by atoms with E-state index in [1.807, 2.05) is 59.2 Å². The van der Waals surface area contributed by atoms with Gasteiger partial charge in [-0.1, -0.05) is 48.0 Å². The Bertz CT molecular complexity index is 882. The van der Waals surface area contributed by atoms with Gasteiger partial charge in [-0.15, -0.1) is 0 Å². The molecule has 1 atom stereocenters. The Labute approximate surface area is 182 Å². The molecule has 0 saturated carbocycles. The summed E-state index contributed by atoms with van der Waals surface area (Å²) in [6.45, 7) is 4.95. The highest BCUT2D eigenvalue weighted by Gasteiger charge is 2.33. The third kappa shape index (κ3) is 5.32. The number of hydrogen-bond donors (Lipinski definition) is 1. The third-order valence-electron chi connectivity index (χ3n) is 5.46. The summed E-state index contributed by atoms with van der Waals surface area (Å²) in [7, 11) is 1.38. The summed E-state index contributed by atoms with van der Waals surface area (Å²) >= 11 is 6.33. The summed E-state index contributed by atoms with van der Waals surface area (Å²) in [4.78, 5) is 29.0. The Morgan fingerprint density at radius 3 is 2.40 bits per heavy atom. The van der Waals surface area contributed by atoms with Crippen LogP contribution in [-0.4, -0.2) is 61.5 Å². The standard InChI is InChI=1S/C23H28ClN3O3/c1-17-7-3-6-10-20(17)25-12-11-21(28)26-13-15-27(16-14-26)22(23(29)30-2)18-8-4-5-9-19(18)24/h3-10,22,25H,11-16H2,1-2H3/t22-/m1/s1. The quantitative estimate of drug-likeness (QED) is 0.682. The van der Waals surface area contributed by atoms with E-state index in [1.54, 1.807) is 6.07 Å². The molecule has 1 aliphatic heterocycles. The first-order chi connectivity index (χ1) is 14.5. The summed E-state index contributed by atoms with van der Waals surface area (Å²) in [5.41, 5.74) is 2.94. The second-order valence-electron chi connectivity index (χ2n) is 7.36. The fourth-order valence-corrected chi connectivity index (χ4v) is 3.98. The van der Waals surface area contributed by atoms with Gasteiger partial charge in [-0.05, 0) is 30.2 Å². The van der Waals surface area contributed by atoms with E-state index in [4.69, 9.17) is 16.3 Å². The molecule has 3 rings (SSSR count). The molecule has 0 unspecified atom stereocenters. The predicted molar refractivity (Wildman–Crippen MR) is 119 cm³/mol. The van der Waals surface area contributed by atoms with Crippen molar-refractivity contribution in [1.82, 2.24) is 9.80 Å². The summed E-state index contributed by atoms with van der Waals surface area (Å²) < 4.78 is 5.03. The van der Waals surface area contributed by atoms with Gasteiger partial charge in [0.05, 0.1) is 7.11 Å². The van der Waals surface area contributed by atoms with Gasteiger partial charge in [0.15, 0.2) is 0 Å². The van der Waals surface area contributed by atoms with Crippen LogP contribution < -0.4 is 5.32 Å². The molecular weight excluding hydrogens is 402 g/mol. The van der Waals surface area contributed by atoms with Gasteiger partial charge in [0, 0.05) is 49.9 Å². The molecule has 2 aromatic rings. The maximum atomic E-state index is 12.6. The van der Waals surface area contributed by atoms with Crippen LogP contribution in [0, 0.1) is 6.92 Å². The molecular formula is C23H28ClN3O3. The Morgan fingerprint density at radius 2 is 1.73 bits per heavy atom. The van der Waals surface area contributed by atoms with Gasteiger partial charge < -0.3 is 15.0 Å². The van der Waals surface area contributed by atoms with E-state index >= 15 is 0 Å². The molecule has 6 nitrogen and oxygen atoms in total. The Balaban J connectivity index is 1.55. The zero-order valence-electron chi connectivity index (χ0n) is 17.4. The van der Waals surface area contributed by atoms with Crippen LogP contribution in [0.2, 0.25) is 5.02 Å². The summed E-state index contributed by atoms with van der Waals surface area (Å²) in [5.74, 6) is -0.228. The lowest BCUT2D eigenvalue weighted by atomic mass is 10.0. The molecule has 7 heteroatoms. The molecule has 2 aromatic carbocycles. The van der Waals surface area contributed by atoms with Crippen LogP contribution in [0.4, 0.5) is 5.69 Å². The molecule has 160 valence electrons. The van der Waals surface area contributed by atoms with Crippen LogP contribution in [0.3, 0.4) is 0 Å². The molecule has 1 amide bonds. The SMILES string of the molecule is COC(=O)[C@@H](c1ccccc1Cl)N1CCN(C(=O)CCNc2ccccc2C)CC1. The normalized spacial score (nSPS) is 15.5. The fraction of sp³-hybridized carbons (Fsp3) is 0.391. The zero-order valence-corrected chi connectivity index (χ0v) is 18.2. The van der Waals surface area contributed by atoms with Gasteiger partial charge in [-0.25, -0.2) is 4.79 Å². The van der Waals surface area contributed by atoms with Crippen molar-refractivity contribution in [2.45, 2.75) is 19.4 Å². The molecule has 1 saturated heterocycles. The molecule has 30 heavy (non-hydrogen) atoms. The summed E-state index contributed by atoms with van der Waals surface area (Å²) in [5, 5.41) is 3.86. The van der Waals surface area contributed by atoms with Crippen molar-refractivity contribution >= 4 is 29.2 Å². The number of carbonyl (C=O) groups is 2. The predicted octanol–water partition coefficient (Wildman–Crippen LogP) is 3.51. The van der Waals surface area contributed by atoms with Crippen LogP contribution in [-0.2, 0) is 14.3 Å². The van der Waals surface area contributed by atoms with Gasteiger partial charge in [0.25, 0.3) is 0 Å². The molecule has 1 heterocycles. The van der Waals surface area contributed by atoms with E-state index in [0.717, 1.165) is 16.8 Å². The number of nitrogens with one attached hydrogen (secondary N) is 1. The number of para-hydroxylation sites is 1. The van der Waals surface area contributed by atoms with E-state index in [-0.39, 0.29) is 11.9 Å². The van der Waals surface area contributed by atoms with Crippen molar-refractivity contribution in [1.29, 1.82) is 0 Å². The first-order valence-corrected chi connectivity index (χ1v) is 10.5. The molecule has 0 spiro atoms. The minimum absolute atomic E-state index is 0.114. The number of anilines is 1. The first kappa shape index (κ1) is 22.1. The first-order valence-electron chi connectivity index (χ1n) is 10.1. The van der Waals surface area contributed by atoms with E-state index < -0.39 is 6.04 Å². The molecule has 0 aliphatic carbocycles. The monoisotopic (exact) mass is 429 g/mol. The molecule has 0 bridgehead atoms. The number of rotatable bonds is 7. The van der Waals surface area contributed by atoms with Gasteiger partial charge >= 0.3 is 5.97 Å². The van der Waals surface area contributed by atoms with E-state index in [2.05, 4.69) is 5.32 Å². The fourth-order valence-electron chi connectivity index (χ4n) is 3.74. The van der Waals surface area contributed by atoms with Crippen LogP contribution in [0.15, 0.2) is 48.5 Å².